The summed E-state index contributed by atoms with van der Waals surface area (Å²) in [5.41, 5.74) is 0. The van der Waals surface area contributed by atoms with Crippen molar-refractivity contribution in [2.24, 2.45) is 41.4 Å². The van der Waals surface area contributed by atoms with E-state index < -0.39 is 150 Å². The molecule has 0 saturated carbocycles. The predicted octanol–water partition coefficient (Wildman–Crippen LogP) is 3.76. The smallest absolute Gasteiger partial charge is 0.325 e. The molecule has 516 valence electrons. The molecule has 0 bridgehead atoms. The van der Waals surface area contributed by atoms with Crippen molar-refractivity contribution in [3.05, 3.63) is 12.2 Å². The van der Waals surface area contributed by atoms with Gasteiger partial charge in [0.2, 0.25) is 59.1 Å². The number of hydrogen-bond donors (Lipinski definition) is 5. The number of methoxy groups -OCH3 is 1. The average molecular weight is 1280 g/mol. The number of amides is 10. The number of likely N-dealkylation sites (N-methyl/N-ethyl adjacent to an activating group) is 7. The summed E-state index contributed by atoms with van der Waals surface area (Å²) >= 11 is 0. The molecule has 0 aliphatic rings. The van der Waals surface area contributed by atoms with Crippen LogP contribution in [0.25, 0.3) is 0 Å². The third-order valence-corrected chi connectivity index (χ3v) is 16.1. The maximum atomic E-state index is 15.2. The number of esters is 2. The van der Waals surface area contributed by atoms with Gasteiger partial charge in [0.15, 0.2) is 0 Å². The van der Waals surface area contributed by atoms with E-state index in [2.05, 4.69) is 26.6 Å². The van der Waals surface area contributed by atoms with Gasteiger partial charge in [0, 0.05) is 49.2 Å². The molecule has 25 nitrogen and oxygen atoms in total. The Kier molecular flexibility index (Phi) is 36.6. The largest absolute Gasteiger partial charge is 0.468 e. The summed E-state index contributed by atoms with van der Waals surface area (Å²) in [6.07, 6.45) is 3.74. The molecule has 0 rings (SSSR count). The van der Waals surface area contributed by atoms with E-state index in [-0.39, 0.29) is 61.2 Å². The van der Waals surface area contributed by atoms with Crippen molar-refractivity contribution in [2.45, 2.75) is 230 Å². The second-order valence-corrected chi connectivity index (χ2v) is 26.6. The number of nitrogens with one attached hydrogen (secondary N) is 5. The number of carbonyl (C=O) groups is 12. The molecule has 0 aliphatic heterocycles. The lowest BCUT2D eigenvalue weighted by molar-refractivity contribution is -0.164. The van der Waals surface area contributed by atoms with Gasteiger partial charge in [0.1, 0.15) is 67.0 Å². The highest BCUT2D eigenvalue weighted by Crippen LogP contribution is 2.27. The van der Waals surface area contributed by atoms with E-state index in [4.69, 9.17) is 9.47 Å². The Labute approximate surface area is 538 Å². The van der Waals surface area contributed by atoms with E-state index in [1.165, 1.54) is 89.8 Å². The molecule has 0 unspecified atom stereocenters. The van der Waals surface area contributed by atoms with E-state index in [0.717, 1.165) is 9.80 Å². The maximum Gasteiger partial charge on any atom is 0.325 e. The second kappa shape index (κ2) is 39.6. The second-order valence-electron chi connectivity index (χ2n) is 26.6. The number of carbonyl (C=O) groups excluding carboxylic acids is 12. The normalized spacial score (nSPS) is 15.7. The average Bonchev–Trinajstić information content (AvgIpc) is 0.992. The number of nitrogens with zero attached hydrogens (tertiary/aromatic N) is 6. The molecule has 90 heavy (non-hydrogen) atoms. The first-order valence-corrected chi connectivity index (χ1v) is 31.9. The van der Waals surface area contributed by atoms with Gasteiger partial charge in [0.25, 0.3) is 0 Å². The number of ether oxygens (including phenoxy) is 2. The lowest BCUT2D eigenvalue weighted by Gasteiger charge is -2.42. The van der Waals surface area contributed by atoms with Gasteiger partial charge in [0.05, 0.1) is 13.2 Å². The quantitative estimate of drug-likeness (QED) is 0.0434. The number of rotatable bonds is 38. The van der Waals surface area contributed by atoms with Crippen molar-refractivity contribution in [1.82, 2.24) is 56.0 Å². The molecule has 0 aromatic rings. The molecule has 0 aliphatic carbocycles. The lowest BCUT2D eigenvalue weighted by Crippen LogP contribution is -2.64. The molecule has 0 saturated heterocycles. The van der Waals surface area contributed by atoms with E-state index in [0.29, 0.717) is 12.8 Å². The molecule has 0 heterocycles. The summed E-state index contributed by atoms with van der Waals surface area (Å²) in [5, 5.41) is 14.0. The van der Waals surface area contributed by atoms with Gasteiger partial charge in [-0.05, 0) is 108 Å². The zero-order valence-corrected chi connectivity index (χ0v) is 59.4. The van der Waals surface area contributed by atoms with Crippen LogP contribution in [0.1, 0.15) is 163 Å². The molecule has 10 amide bonds. The van der Waals surface area contributed by atoms with Crippen LogP contribution in [0.3, 0.4) is 0 Å². The summed E-state index contributed by atoms with van der Waals surface area (Å²) in [5.74, 6) is -9.41. The summed E-state index contributed by atoms with van der Waals surface area (Å²) in [6, 6.07) is -11.4. The number of allylic oxidation sites excluding steroid dienone is 2. The number of hydrogen-bond acceptors (Lipinski definition) is 15. The Hall–Kier alpha value is -6.66. The van der Waals surface area contributed by atoms with Crippen molar-refractivity contribution in [2.75, 3.05) is 63.0 Å². The van der Waals surface area contributed by atoms with Crippen LogP contribution in [0.15, 0.2) is 12.2 Å². The van der Waals surface area contributed by atoms with Gasteiger partial charge in [-0.25, -0.2) is 0 Å². The predicted molar refractivity (Wildman–Crippen MR) is 346 cm³/mol. The summed E-state index contributed by atoms with van der Waals surface area (Å²) in [6.45, 7) is 31.1. The first-order chi connectivity index (χ1) is 41.6. The third kappa shape index (κ3) is 25.6. The monoisotopic (exact) mass is 1280 g/mol. The van der Waals surface area contributed by atoms with E-state index in [9.17, 15) is 43.2 Å². The van der Waals surface area contributed by atoms with Gasteiger partial charge in [-0.15, -0.1) is 0 Å². The van der Waals surface area contributed by atoms with Crippen molar-refractivity contribution in [3.63, 3.8) is 0 Å². The summed E-state index contributed by atoms with van der Waals surface area (Å²) in [4.78, 5) is 176. The summed E-state index contributed by atoms with van der Waals surface area (Å²) < 4.78 is 10.6. The van der Waals surface area contributed by atoms with Gasteiger partial charge in [-0.2, -0.15) is 0 Å². The standard InChI is InChI=1S/C65H117N11O14/c1-27-29-30-42(15)55(90-45(18)77)54(59(82)69-46(28-2)61(84)71(20)35-51(78)89-26)76(25)65(88)53(41(13)14)75(24)63(86)50(34-39(9)10)74(23)62(85)49(33-38(7)8)73(22)60(83)44(17)68-56(79)43(16)67-58(81)48(32-37(5)6)72(21)64(87)52(40(11)12)70-57(80)47(66-19)31-36(3)4/h27,29,36-44,46-50,52-55,66H,28,30-35H2,1-26H3,(H,67,81)(H,68,79)(H,69,82)(H,70,80)/t42-,43+,44-,46+,47-,48+,49+,50+,52+,53+,54+,55-/m1/s1. The van der Waals surface area contributed by atoms with Crippen LogP contribution >= 0.6 is 0 Å². The van der Waals surface area contributed by atoms with Crippen LogP contribution in [0.4, 0.5) is 0 Å². The highest BCUT2D eigenvalue weighted by Gasteiger charge is 2.46. The first kappa shape index (κ1) is 83.3. The van der Waals surface area contributed by atoms with Gasteiger partial charge in [-0.1, -0.05) is 109 Å². The molecular weight excluding hydrogens is 1160 g/mol. The van der Waals surface area contributed by atoms with E-state index in [1.807, 2.05) is 61.5 Å². The molecule has 0 radical (unpaired) electrons. The van der Waals surface area contributed by atoms with Crippen molar-refractivity contribution in [1.29, 1.82) is 0 Å². The topological polar surface area (TPSA) is 303 Å². The Morgan fingerprint density at radius 1 is 0.467 bits per heavy atom. The fourth-order valence-electron chi connectivity index (χ4n) is 10.7. The minimum atomic E-state index is -1.56. The molecular formula is C65H117N11O14. The Morgan fingerprint density at radius 3 is 1.36 bits per heavy atom. The molecule has 25 heteroatoms. The lowest BCUT2D eigenvalue weighted by atomic mass is 9.91. The van der Waals surface area contributed by atoms with Crippen LogP contribution in [0.5, 0.6) is 0 Å². The van der Waals surface area contributed by atoms with Crippen molar-refractivity contribution < 1.29 is 67.0 Å². The molecule has 12 atom stereocenters. The minimum Gasteiger partial charge on any atom is -0.468 e. The van der Waals surface area contributed by atoms with Crippen LogP contribution in [-0.4, -0.2) is 230 Å². The van der Waals surface area contributed by atoms with Gasteiger partial charge in [-0.3, -0.25) is 57.5 Å². The van der Waals surface area contributed by atoms with Crippen LogP contribution in [0, 0.1) is 41.4 Å². The Bertz CT molecular complexity index is 2430. The fourth-order valence-corrected chi connectivity index (χ4v) is 10.7. The SMILES string of the molecule is CC=CC[C@@H](C)[C@@H](OC(C)=O)[C@@H](C(=O)N[C@@H](CC)C(=O)N(C)CC(=O)OC)N(C)C(=O)[C@H](C(C)C)N(C)C(=O)[C@H](CC(C)C)N(C)C(=O)[C@H](CC(C)C)N(C)C(=O)[C@@H](C)NC(=O)[C@H](C)NC(=O)[C@H](CC(C)C)N(C)C(=O)[C@@H](NC(=O)[C@@H](CC(C)C)NC)C(C)C. The van der Waals surface area contributed by atoms with Gasteiger partial charge >= 0.3 is 11.9 Å². The zero-order valence-electron chi connectivity index (χ0n) is 59.4. The molecule has 0 spiro atoms. The summed E-state index contributed by atoms with van der Waals surface area (Å²) in [7, 11) is 11.4. The van der Waals surface area contributed by atoms with E-state index >= 15 is 14.4 Å². The zero-order chi connectivity index (χ0) is 70.1. The van der Waals surface area contributed by atoms with Gasteiger partial charge < -0.3 is 65.5 Å². The van der Waals surface area contributed by atoms with Crippen molar-refractivity contribution >= 4 is 71.0 Å². The molecule has 5 N–H and O–H groups in total. The van der Waals surface area contributed by atoms with Crippen LogP contribution in [-0.2, 0) is 67.0 Å². The fraction of sp³-hybridized carbons (Fsp3) is 0.785. The van der Waals surface area contributed by atoms with E-state index in [1.54, 1.807) is 61.6 Å². The highest BCUT2D eigenvalue weighted by molar-refractivity contribution is 5.99. The maximum absolute atomic E-state index is 15.2. The van der Waals surface area contributed by atoms with Crippen molar-refractivity contribution in [3.8, 4) is 0 Å². The van der Waals surface area contributed by atoms with Crippen LogP contribution < -0.4 is 26.6 Å². The molecule has 0 aromatic carbocycles. The Balaban J connectivity index is 7.17. The molecule has 0 fully saturated rings. The first-order valence-electron chi connectivity index (χ1n) is 31.9. The third-order valence-electron chi connectivity index (χ3n) is 16.1. The van der Waals surface area contributed by atoms with Crippen LogP contribution in [0.2, 0.25) is 0 Å². The molecule has 0 aromatic heterocycles. The highest BCUT2D eigenvalue weighted by atomic mass is 16.5. The Morgan fingerprint density at radius 2 is 0.922 bits per heavy atom. The minimum absolute atomic E-state index is 0.0684.